The molecule has 0 bridgehead atoms. The van der Waals surface area contributed by atoms with Crippen LogP contribution in [-0.4, -0.2) is 18.9 Å². The third kappa shape index (κ3) is 4.14. The van der Waals surface area contributed by atoms with Gasteiger partial charge in [0.05, 0.1) is 6.54 Å². The fraction of sp³-hybridized carbons (Fsp3) is 0.889. The van der Waals surface area contributed by atoms with Gasteiger partial charge in [-0.05, 0) is 19.4 Å². The Kier molecular flexibility index (Phi) is 4.21. The number of hydrogen-bond acceptors (Lipinski definition) is 2. The third-order valence-electron chi connectivity index (χ3n) is 2.13. The van der Waals surface area contributed by atoms with Gasteiger partial charge in [0.2, 0.25) is 0 Å². The molecule has 1 saturated heterocycles. The molecule has 64 valence electrons. The number of ketones is 1. The van der Waals surface area contributed by atoms with Gasteiger partial charge in [0.15, 0.2) is 0 Å². The number of hydrogen-bond donors (Lipinski definition) is 1. The van der Waals surface area contributed by atoms with E-state index in [0.717, 1.165) is 19.4 Å². The molecule has 0 unspecified atom stereocenters. The van der Waals surface area contributed by atoms with Gasteiger partial charge in [0.1, 0.15) is 5.78 Å². The van der Waals surface area contributed by atoms with Crippen molar-refractivity contribution in [2.45, 2.75) is 38.5 Å². The lowest BCUT2D eigenvalue weighted by molar-refractivity contribution is -0.118. The molecular formula is C9H17NO. The molecule has 0 amide bonds. The van der Waals surface area contributed by atoms with Crippen LogP contribution in [0.3, 0.4) is 0 Å². The van der Waals surface area contributed by atoms with Gasteiger partial charge < -0.3 is 5.32 Å². The van der Waals surface area contributed by atoms with Crippen LogP contribution in [0.2, 0.25) is 0 Å². The van der Waals surface area contributed by atoms with Crippen LogP contribution in [0.5, 0.6) is 0 Å². The van der Waals surface area contributed by atoms with E-state index in [-0.39, 0.29) is 0 Å². The molecule has 0 aliphatic carbocycles. The van der Waals surface area contributed by atoms with Crippen molar-refractivity contribution in [2.24, 2.45) is 0 Å². The van der Waals surface area contributed by atoms with Gasteiger partial charge in [-0.2, -0.15) is 0 Å². The largest absolute Gasteiger partial charge is 0.310 e. The lowest BCUT2D eigenvalue weighted by Gasteiger charge is -2.07. The maximum absolute atomic E-state index is 11.0. The zero-order valence-corrected chi connectivity index (χ0v) is 7.07. The van der Waals surface area contributed by atoms with E-state index in [1.54, 1.807) is 0 Å². The molecule has 1 rings (SSSR count). The van der Waals surface area contributed by atoms with E-state index in [1.807, 2.05) is 0 Å². The highest BCUT2D eigenvalue weighted by atomic mass is 16.1. The fourth-order valence-electron chi connectivity index (χ4n) is 1.42. The Bertz CT molecular complexity index is 111. The second-order valence-corrected chi connectivity index (χ2v) is 3.23. The first-order valence-electron chi connectivity index (χ1n) is 4.62. The molecule has 0 aromatic rings. The highest BCUT2D eigenvalue weighted by Crippen LogP contribution is 2.06. The molecule has 0 aromatic carbocycles. The quantitative estimate of drug-likeness (QED) is 0.574. The highest BCUT2D eigenvalue weighted by molar-refractivity contribution is 5.80. The number of Topliss-reactive ketones (excluding diaryl/α,β-unsaturated/α-hetero) is 1. The monoisotopic (exact) mass is 155 g/mol. The summed E-state index contributed by atoms with van der Waals surface area (Å²) in [6.45, 7) is 1.62. The minimum absolute atomic E-state index is 0.381. The Morgan fingerprint density at radius 1 is 1.00 bits per heavy atom. The predicted molar refractivity (Wildman–Crippen MR) is 45.6 cm³/mol. The lowest BCUT2D eigenvalue weighted by Crippen LogP contribution is -2.24. The predicted octanol–water partition coefficient (Wildman–Crippen LogP) is 1.50. The number of carbonyl (C=O) groups is 1. The van der Waals surface area contributed by atoms with E-state index >= 15 is 0 Å². The fourth-order valence-corrected chi connectivity index (χ4v) is 1.42. The Balaban J connectivity index is 2.17. The molecule has 1 aliphatic rings. The van der Waals surface area contributed by atoms with Crippen molar-refractivity contribution in [3.05, 3.63) is 0 Å². The summed E-state index contributed by atoms with van der Waals surface area (Å²) in [6.07, 6.45) is 6.97. The van der Waals surface area contributed by atoms with Crippen molar-refractivity contribution in [1.82, 2.24) is 5.32 Å². The van der Waals surface area contributed by atoms with Crippen molar-refractivity contribution in [1.29, 1.82) is 0 Å². The van der Waals surface area contributed by atoms with E-state index in [4.69, 9.17) is 0 Å². The van der Waals surface area contributed by atoms with Gasteiger partial charge in [0.25, 0.3) is 0 Å². The van der Waals surface area contributed by atoms with E-state index in [9.17, 15) is 4.79 Å². The second-order valence-electron chi connectivity index (χ2n) is 3.23. The van der Waals surface area contributed by atoms with Crippen LogP contribution >= 0.6 is 0 Å². The van der Waals surface area contributed by atoms with Crippen molar-refractivity contribution >= 4 is 5.78 Å². The van der Waals surface area contributed by atoms with Crippen LogP contribution < -0.4 is 5.32 Å². The molecule has 1 N–H and O–H groups in total. The Morgan fingerprint density at radius 2 is 1.73 bits per heavy atom. The van der Waals surface area contributed by atoms with Crippen LogP contribution in [0.15, 0.2) is 0 Å². The van der Waals surface area contributed by atoms with E-state index in [0.29, 0.717) is 12.3 Å². The Hall–Kier alpha value is -0.370. The summed E-state index contributed by atoms with van der Waals surface area (Å²) >= 11 is 0. The van der Waals surface area contributed by atoms with Crippen molar-refractivity contribution in [2.75, 3.05) is 13.1 Å². The standard InChI is InChI=1S/C9H17NO/c11-9-6-4-2-1-3-5-7-10-8-9/h10H,1-8H2. The van der Waals surface area contributed by atoms with E-state index < -0.39 is 0 Å². The van der Waals surface area contributed by atoms with Crippen LogP contribution in [0.4, 0.5) is 0 Å². The van der Waals surface area contributed by atoms with Crippen LogP contribution in [0.25, 0.3) is 0 Å². The molecule has 1 aliphatic heterocycles. The van der Waals surface area contributed by atoms with Crippen LogP contribution in [0.1, 0.15) is 38.5 Å². The smallest absolute Gasteiger partial charge is 0.146 e. The molecule has 11 heavy (non-hydrogen) atoms. The Morgan fingerprint density at radius 3 is 2.64 bits per heavy atom. The molecule has 1 heterocycles. The molecule has 0 saturated carbocycles. The van der Waals surface area contributed by atoms with Crippen molar-refractivity contribution in [3.8, 4) is 0 Å². The normalized spacial score (nSPS) is 23.1. The summed E-state index contributed by atoms with van der Waals surface area (Å²) < 4.78 is 0. The van der Waals surface area contributed by atoms with Gasteiger partial charge in [-0.15, -0.1) is 0 Å². The maximum Gasteiger partial charge on any atom is 0.146 e. The van der Waals surface area contributed by atoms with Crippen molar-refractivity contribution in [3.63, 3.8) is 0 Å². The van der Waals surface area contributed by atoms with Gasteiger partial charge in [0, 0.05) is 6.42 Å². The highest BCUT2D eigenvalue weighted by Gasteiger charge is 2.02. The number of carbonyl (C=O) groups excluding carboxylic acids is 1. The minimum Gasteiger partial charge on any atom is -0.310 e. The first kappa shape index (κ1) is 8.72. The maximum atomic E-state index is 11.0. The molecule has 2 heteroatoms. The van der Waals surface area contributed by atoms with E-state index in [1.165, 1.54) is 25.7 Å². The van der Waals surface area contributed by atoms with Gasteiger partial charge >= 0.3 is 0 Å². The number of rotatable bonds is 0. The average Bonchev–Trinajstić information content (AvgIpc) is 2.03. The zero-order chi connectivity index (χ0) is 7.94. The SMILES string of the molecule is O=C1CCCCCCCNC1. The third-order valence-corrected chi connectivity index (χ3v) is 2.13. The average molecular weight is 155 g/mol. The molecule has 1 fully saturated rings. The summed E-state index contributed by atoms with van der Waals surface area (Å²) in [4.78, 5) is 11.0. The van der Waals surface area contributed by atoms with Gasteiger partial charge in [-0.1, -0.05) is 19.3 Å². The summed E-state index contributed by atoms with van der Waals surface area (Å²) in [6, 6.07) is 0. The molecule has 0 atom stereocenters. The molecule has 0 radical (unpaired) electrons. The first-order valence-corrected chi connectivity index (χ1v) is 4.62. The zero-order valence-electron chi connectivity index (χ0n) is 7.07. The Labute approximate surface area is 68.4 Å². The molecular weight excluding hydrogens is 138 g/mol. The lowest BCUT2D eigenvalue weighted by atomic mass is 10.1. The van der Waals surface area contributed by atoms with Crippen molar-refractivity contribution < 1.29 is 4.79 Å². The van der Waals surface area contributed by atoms with Crippen LogP contribution in [-0.2, 0) is 4.79 Å². The van der Waals surface area contributed by atoms with E-state index in [2.05, 4.69) is 5.32 Å². The van der Waals surface area contributed by atoms with Gasteiger partial charge in [-0.3, -0.25) is 4.79 Å². The van der Waals surface area contributed by atoms with Crippen LogP contribution in [0, 0.1) is 0 Å². The summed E-state index contributed by atoms with van der Waals surface area (Å²) in [5.41, 5.74) is 0. The topological polar surface area (TPSA) is 29.1 Å². The molecule has 0 aromatic heterocycles. The summed E-state index contributed by atoms with van der Waals surface area (Å²) in [5, 5.41) is 3.16. The summed E-state index contributed by atoms with van der Waals surface area (Å²) in [7, 11) is 0. The molecule has 0 spiro atoms. The number of nitrogens with one attached hydrogen (secondary N) is 1. The first-order chi connectivity index (χ1) is 5.39. The molecule has 2 nitrogen and oxygen atoms in total. The van der Waals surface area contributed by atoms with Gasteiger partial charge in [-0.25, -0.2) is 0 Å². The summed E-state index contributed by atoms with van der Waals surface area (Å²) in [5.74, 6) is 0.381. The minimum atomic E-state index is 0.381. The second kappa shape index (κ2) is 5.30.